The molecule has 62 valence electrons. The first-order chi connectivity index (χ1) is 5.15. The summed E-state index contributed by atoms with van der Waals surface area (Å²) >= 11 is 0. The van der Waals surface area contributed by atoms with Crippen LogP contribution in [0.1, 0.15) is 31.7 Å². The quantitative estimate of drug-likeness (QED) is 0.567. The molecule has 1 aromatic rings. The van der Waals surface area contributed by atoms with E-state index in [0.29, 0.717) is 5.92 Å². The molecule has 0 amide bonds. The van der Waals surface area contributed by atoms with E-state index in [-0.39, 0.29) is 0 Å². The molecular weight excluding hydrogens is 136 g/mol. The van der Waals surface area contributed by atoms with Crippen molar-refractivity contribution in [1.29, 1.82) is 0 Å². The van der Waals surface area contributed by atoms with Crippen LogP contribution in [0, 0.1) is 0 Å². The summed E-state index contributed by atoms with van der Waals surface area (Å²) in [5.41, 5.74) is 1.43. The third-order valence-electron chi connectivity index (χ3n) is 2.35. The van der Waals surface area contributed by atoms with Crippen molar-refractivity contribution < 1.29 is 4.68 Å². The summed E-state index contributed by atoms with van der Waals surface area (Å²) in [7, 11) is 4.12. The standard InChI is InChI=1S/C9H17N2/c1-5-8(2)9-6-10(3)11(4)7-9/h6-8H,5H2,1-4H3/q+1. The van der Waals surface area contributed by atoms with Crippen molar-refractivity contribution in [3.05, 3.63) is 18.0 Å². The third-order valence-corrected chi connectivity index (χ3v) is 2.35. The van der Waals surface area contributed by atoms with Gasteiger partial charge in [0.25, 0.3) is 0 Å². The fourth-order valence-corrected chi connectivity index (χ4v) is 1.14. The van der Waals surface area contributed by atoms with Crippen molar-refractivity contribution in [2.24, 2.45) is 14.1 Å². The van der Waals surface area contributed by atoms with E-state index in [1.807, 2.05) is 0 Å². The number of nitrogens with zero attached hydrogens (tertiary/aromatic N) is 2. The van der Waals surface area contributed by atoms with Crippen LogP contribution in [0.4, 0.5) is 0 Å². The topological polar surface area (TPSA) is 8.81 Å². The minimum atomic E-state index is 0.683. The van der Waals surface area contributed by atoms with Crippen molar-refractivity contribution in [2.45, 2.75) is 26.2 Å². The van der Waals surface area contributed by atoms with E-state index in [1.54, 1.807) is 0 Å². The van der Waals surface area contributed by atoms with Gasteiger partial charge in [-0.2, -0.15) is 4.68 Å². The molecule has 0 radical (unpaired) electrons. The Balaban J connectivity index is 2.88. The molecule has 11 heavy (non-hydrogen) atoms. The van der Waals surface area contributed by atoms with E-state index in [2.05, 4.69) is 49.7 Å². The van der Waals surface area contributed by atoms with Gasteiger partial charge in [0, 0.05) is 5.56 Å². The zero-order valence-corrected chi connectivity index (χ0v) is 7.83. The average Bonchev–Trinajstić information content (AvgIpc) is 2.31. The van der Waals surface area contributed by atoms with Crippen LogP contribution < -0.4 is 4.68 Å². The molecule has 2 heteroatoms. The Labute approximate surface area is 68.4 Å². The summed E-state index contributed by atoms with van der Waals surface area (Å²) in [5, 5.41) is 0. The van der Waals surface area contributed by atoms with Crippen LogP contribution in [0.5, 0.6) is 0 Å². The van der Waals surface area contributed by atoms with Gasteiger partial charge in [-0.1, -0.05) is 13.8 Å². The highest BCUT2D eigenvalue weighted by Crippen LogP contribution is 2.15. The lowest BCUT2D eigenvalue weighted by molar-refractivity contribution is -0.751. The largest absolute Gasteiger partial charge is 0.198 e. The Kier molecular flexibility index (Phi) is 2.32. The third kappa shape index (κ3) is 1.62. The molecule has 1 unspecified atom stereocenters. The first-order valence-electron chi connectivity index (χ1n) is 4.17. The first kappa shape index (κ1) is 8.31. The maximum atomic E-state index is 2.26. The molecule has 0 fully saturated rings. The molecule has 0 saturated carbocycles. The SMILES string of the molecule is CCC(C)c1cn(C)[n+](C)c1. The molecular formula is C9H17N2+. The molecule has 0 aliphatic heterocycles. The summed E-state index contributed by atoms with van der Waals surface area (Å²) in [5.74, 6) is 0.683. The van der Waals surface area contributed by atoms with Gasteiger partial charge in [-0.3, -0.25) is 0 Å². The van der Waals surface area contributed by atoms with Crippen molar-refractivity contribution in [3.8, 4) is 0 Å². The second kappa shape index (κ2) is 3.07. The van der Waals surface area contributed by atoms with Crippen LogP contribution >= 0.6 is 0 Å². The van der Waals surface area contributed by atoms with Crippen LogP contribution in [0.15, 0.2) is 12.4 Å². The molecule has 1 atom stereocenters. The summed E-state index contributed by atoms with van der Waals surface area (Å²) in [6, 6.07) is 0. The van der Waals surface area contributed by atoms with Crippen LogP contribution in [-0.4, -0.2) is 4.68 Å². The van der Waals surface area contributed by atoms with E-state index in [4.69, 9.17) is 0 Å². The van der Waals surface area contributed by atoms with Gasteiger partial charge in [-0.15, -0.1) is 4.68 Å². The van der Waals surface area contributed by atoms with Crippen molar-refractivity contribution in [2.75, 3.05) is 0 Å². The lowest BCUT2D eigenvalue weighted by atomic mass is 10.0. The van der Waals surface area contributed by atoms with Gasteiger partial charge < -0.3 is 0 Å². The number of rotatable bonds is 2. The van der Waals surface area contributed by atoms with E-state index in [9.17, 15) is 0 Å². The van der Waals surface area contributed by atoms with Crippen molar-refractivity contribution in [3.63, 3.8) is 0 Å². The van der Waals surface area contributed by atoms with Crippen LogP contribution in [0.2, 0.25) is 0 Å². The maximum Gasteiger partial charge on any atom is 0.198 e. The van der Waals surface area contributed by atoms with Crippen LogP contribution in [0.3, 0.4) is 0 Å². The normalized spacial score (nSPS) is 13.5. The molecule has 0 aromatic carbocycles. The minimum absolute atomic E-state index is 0.683. The molecule has 0 bridgehead atoms. The molecule has 0 aliphatic rings. The molecule has 2 nitrogen and oxygen atoms in total. The lowest BCUT2D eigenvalue weighted by Gasteiger charge is -1.99. The van der Waals surface area contributed by atoms with Gasteiger partial charge in [-0.25, -0.2) is 0 Å². The van der Waals surface area contributed by atoms with Crippen molar-refractivity contribution >= 4 is 0 Å². The van der Waals surface area contributed by atoms with Gasteiger partial charge >= 0.3 is 0 Å². The predicted octanol–water partition coefficient (Wildman–Crippen LogP) is 1.36. The number of hydrogen-bond acceptors (Lipinski definition) is 0. The Morgan fingerprint density at radius 3 is 2.64 bits per heavy atom. The van der Waals surface area contributed by atoms with Gasteiger partial charge in [0.1, 0.15) is 0 Å². The Morgan fingerprint density at radius 1 is 1.64 bits per heavy atom. The Bertz CT molecular complexity index is 218. The van der Waals surface area contributed by atoms with Crippen LogP contribution in [0.25, 0.3) is 0 Å². The fraction of sp³-hybridized carbons (Fsp3) is 0.667. The second-order valence-electron chi connectivity index (χ2n) is 3.21. The lowest BCUT2D eigenvalue weighted by Crippen LogP contribution is -2.35. The van der Waals surface area contributed by atoms with Gasteiger partial charge in [0.05, 0.1) is 13.2 Å². The zero-order valence-electron chi connectivity index (χ0n) is 7.83. The van der Waals surface area contributed by atoms with Crippen molar-refractivity contribution in [1.82, 2.24) is 4.68 Å². The van der Waals surface area contributed by atoms with Gasteiger partial charge in [0.15, 0.2) is 13.2 Å². The van der Waals surface area contributed by atoms with E-state index in [0.717, 1.165) is 0 Å². The highest BCUT2D eigenvalue weighted by Gasteiger charge is 2.10. The molecule has 1 heterocycles. The highest BCUT2D eigenvalue weighted by atomic mass is 15.4. The molecule has 1 aromatic heterocycles. The number of aryl methyl sites for hydroxylation is 2. The predicted molar refractivity (Wildman–Crippen MR) is 45.3 cm³/mol. The molecule has 1 rings (SSSR count). The first-order valence-corrected chi connectivity index (χ1v) is 4.17. The summed E-state index contributed by atoms with van der Waals surface area (Å²) in [6.07, 6.45) is 5.59. The van der Waals surface area contributed by atoms with E-state index >= 15 is 0 Å². The number of hydrogen-bond donors (Lipinski definition) is 0. The van der Waals surface area contributed by atoms with Gasteiger partial charge in [-0.05, 0) is 12.3 Å². The molecule has 0 saturated heterocycles. The van der Waals surface area contributed by atoms with E-state index in [1.165, 1.54) is 12.0 Å². The Morgan fingerprint density at radius 2 is 2.27 bits per heavy atom. The molecule has 0 N–H and O–H groups in total. The Hall–Kier alpha value is -0.790. The average molecular weight is 153 g/mol. The van der Waals surface area contributed by atoms with Crippen LogP contribution in [-0.2, 0) is 14.1 Å². The second-order valence-corrected chi connectivity index (χ2v) is 3.21. The number of aromatic nitrogens is 2. The highest BCUT2D eigenvalue weighted by molar-refractivity contribution is 5.06. The smallest absolute Gasteiger partial charge is 0.164 e. The fourth-order valence-electron chi connectivity index (χ4n) is 1.14. The zero-order chi connectivity index (χ0) is 8.43. The van der Waals surface area contributed by atoms with Gasteiger partial charge in [0.2, 0.25) is 0 Å². The summed E-state index contributed by atoms with van der Waals surface area (Å²) in [4.78, 5) is 0. The summed E-state index contributed by atoms with van der Waals surface area (Å²) < 4.78 is 4.20. The monoisotopic (exact) mass is 153 g/mol. The maximum absolute atomic E-state index is 2.26. The molecule has 0 aliphatic carbocycles. The molecule has 0 spiro atoms. The summed E-state index contributed by atoms with van der Waals surface area (Å²) in [6.45, 7) is 4.48. The minimum Gasteiger partial charge on any atom is -0.164 e. The van der Waals surface area contributed by atoms with E-state index < -0.39 is 0 Å².